The Morgan fingerprint density at radius 1 is 1.30 bits per heavy atom. The van der Waals surface area contributed by atoms with E-state index in [2.05, 4.69) is 5.32 Å². The van der Waals surface area contributed by atoms with Gasteiger partial charge in [0.2, 0.25) is 0 Å². The van der Waals surface area contributed by atoms with Crippen molar-refractivity contribution < 1.29 is 14.3 Å². The summed E-state index contributed by atoms with van der Waals surface area (Å²) in [6.07, 6.45) is 5.57. The number of hydrogen-bond acceptors (Lipinski definition) is 4. The number of nitrogens with two attached hydrogens (primary N) is 1. The maximum atomic E-state index is 12.4. The quantitative estimate of drug-likeness (QED) is 0.842. The number of carbonyl (C=O) groups excluding carboxylic acids is 1. The van der Waals surface area contributed by atoms with Crippen molar-refractivity contribution in [1.29, 1.82) is 0 Å². The van der Waals surface area contributed by atoms with Crippen LogP contribution in [0.15, 0.2) is 24.3 Å². The van der Waals surface area contributed by atoms with E-state index < -0.39 is 0 Å². The largest absolute Gasteiger partial charge is 0.491 e. The van der Waals surface area contributed by atoms with Gasteiger partial charge >= 0.3 is 0 Å². The van der Waals surface area contributed by atoms with Crippen LogP contribution in [0.3, 0.4) is 0 Å². The fraction of sp³-hybridized carbons (Fsp3) is 0.611. The summed E-state index contributed by atoms with van der Waals surface area (Å²) in [5.41, 5.74) is 6.42. The van der Waals surface area contributed by atoms with Gasteiger partial charge in [-0.15, -0.1) is 0 Å². The standard InChI is InChI=1S/C18H26N2O3/c19-11-14-5-2-8-17(14)20-18(21)13-4-1-6-15(10-13)23-12-16-7-3-9-22-16/h1,4,6,10,14,16-17H,2-3,5,7-9,11-12,19H2,(H,20,21)/t14-,16+,17-/m0/s1. The molecule has 1 amide bonds. The minimum atomic E-state index is -0.0436. The van der Waals surface area contributed by atoms with Crippen molar-refractivity contribution in [3.63, 3.8) is 0 Å². The highest BCUT2D eigenvalue weighted by atomic mass is 16.5. The number of carbonyl (C=O) groups is 1. The highest BCUT2D eigenvalue weighted by molar-refractivity contribution is 5.94. The van der Waals surface area contributed by atoms with E-state index in [1.54, 1.807) is 6.07 Å². The maximum absolute atomic E-state index is 12.4. The molecule has 0 aromatic heterocycles. The predicted octanol–water partition coefficient (Wildman–Crippen LogP) is 2.10. The smallest absolute Gasteiger partial charge is 0.251 e. The molecular weight excluding hydrogens is 292 g/mol. The molecule has 2 fully saturated rings. The molecule has 1 aromatic carbocycles. The normalized spacial score (nSPS) is 27.1. The Hall–Kier alpha value is -1.59. The summed E-state index contributed by atoms with van der Waals surface area (Å²) in [5.74, 6) is 1.07. The van der Waals surface area contributed by atoms with E-state index in [1.807, 2.05) is 18.2 Å². The van der Waals surface area contributed by atoms with Crippen molar-refractivity contribution in [3.05, 3.63) is 29.8 Å². The van der Waals surface area contributed by atoms with Gasteiger partial charge in [-0.3, -0.25) is 4.79 Å². The number of amides is 1. The zero-order chi connectivity index (χ0) is 16.1. The highest BCUT2D eigenvalue weighted by Crippen LogP contribution is 2.25. The third kappa shape index (κ3) is 4.24. The van der Waals surface area contributed by atoms with E-state index in [0.29, 0.717) is 24.6 Å². The lowest BCUT2D eigenvalue weighted by Gasteiger charge is -2.19. The number of hydrogen-bond donors (Lipinski definition) is 2. The van der Waals surface area contributed by atoms with Crippen LogP contribution in [0, 0.1) is 5.92 Å². The van der Waals surface area contributed by atoms with E-state index in [-0.39, 0.29) is 18.1 Å². The molecule has 1 saturated carbocycles. The summed E-state index contributed by atoms with van der Waals surface area (Å²) in [7, 11) is 0. The summed E-state index contributed by atoms with van der Waals surface area (Å²) >= 11 is 0. The van der Waals surface area contributed by atoms with Crippen LogP contribution in [0.5, 0.6) is 5.75 Å². The average molecular weight is 318 g/mol. The first-order chi connectivity index (χ1) is 11.3. The summed E-state index contributed by atoms with van der Waals surface area (Å²) in [6.45, 7) is 2.00. The van der Waals surface area contributed by atoms with Crippen LogP contribution >= 0.6 is 0 Å². The Morgan fingerprint density at radius 3 is 3.00 bits per heavy atom. The Bertz CT molecular complexity index is 529. The molecule has 5 nitrogen and oxygen atoms in total. The molecular formula is C18H26N2O3. The molecule has 1 aliphatic carbocycles. The van der Waals surface area contributed by atoms with Gasteiger partial charge in [0.05, 0.1) is 6.10 Å². The monoisotopic (exact) mass is 318 g/mol. The zero-order valence-electron chi connectivity index (χ0n) is 13.5. The van der Waals surface area contributed by atoms with Crippen LogP contribution in [-0.2, 0) is 4.74 Å². The van der Waals surface area contributed by atoms with Crippen LogP contribution in [0.4, 0.5) is 0 Å². The van der Waals surface area contributed by atoms with E-state index in [1.165, 1.54) is 0 Å². The van der Waals surface area contributed by atoms with Gasteiger partial charge in [0, 0.05) is 18.2 Å². The fourth-order valence-corrected chi connectivity index (χ4v) is 3.45. The topological polar surface area (TPSA) is 73.6 Å². The van der Waals surface area contributed by atoms with E-state index in [9.17, 15) is 4.79 Å². The summed E-state index contributed by atoms with van der Waals surface area (Å²) < 4.78 is 11.3. The van der Waals surface area contributed by atoms with Gasteiger partial charge in [0.25, 0.3) is 5.91 Å². The van der Waals surface area contributed by atoms with Gasteiger partial charge in [-0.05, 0) is 56.3 Å². The molecule has 2 aliphatic rings. The van der Waals surface area contributed by atoms with Crippen LogP contribution < -0.4 is 15.8 Å². The third-order valence-electron chi connectivity index (χ3n) is 4.83. The first kappa shape index (κ1) is 16.3. The Morgan fingerprint density at radius 2 is 2.22 bits per heavy atom. The van der Waals surface area contributed by atoms with Crippen LogP contribution in [0.1, 0.15) is 42.5 Å². The second kappa shape index (κ2) is 7.79. The Labute approximate surface area is 137 Å². The van der Waals surface area contributed by atoms with Crippen LogP contribution in [0.2, 0.25) is 0 Å². The van der Waals surface area contributed by atoms with Crippen molar-refractivity contribution in [1.82, 2.24) is 5.32 Å². The van der Waals surface area contributed by atoms with E-state index in [0.717, 1.165) is 44.5 Å². The van der Waals surface area contributed by atoms with Gasteiger partial charge in [-0.25, -0.2) is 0 Å². The minimum absolute atomic E-state index is 0.0436. The second-order valence-corrected chi connectivity index (χ2v) is 6.48. The van der Waals surface area contributed by atoms with Gasteiger partial charge in [-0.2, -0.15) is 0 Å². The highest BCUT2D eigenvalue weighted by Gasteiger charge is 2.27. The molecule has 3 atom stereocenters. The Balaban J connectivity index is 1.56. The number of benzene rings is 1. The first-order valence-electron chi connectivity index (χ1n) is 8.61. The molecule has 23 heavy (non-hydrogen) atoms. The zero-order valence-corrected chi connectivity index (χ0v) is 13.5. The van der Waals surface area contributed by atoms with Gasteiger partial charge in [0.1, 0.15) is 12.4 Å². The van der Waals surface area contributed by atoms with Gasteiger partial charge in [-0.1, -0.05) is 12.5 Å². The molecule has 3 rings (SSSR count). The maximum Gasteiger partial charge on any atom is 0.251 e. The van der Waals surface area contributed by atoms with Gasteiger partial charge in [0.15, 0.2) is 0 Å². The number of ether oxygens (including phenoxy) is 2. The van der Waals surface area contributed by atoms with Crippen molar-refractivity contribution in [2.24, 2.45) is 11.7 Å². The Kier molecular flexibility index (Phi) is 5.51. The summed E-state index contributed by atoms with van der Waals surface area (Å²) in [6, 6.07) is 7.56. The third-order valence-corrected chi connectivity index (χ3v) is 4.83. The van der Waals surface area contributed by atoms with Crippen molar-refractivity contribution >= 4 is 5.91 Å². The van der Waals surface area contributed by atoms with E-state index >= 15 is 0 Å². The molecule has 5 heteroatoms. The van der Waals surface area contributed by atoms with Crippen molar-refractivity contribution in [2.75, 3.05) is 19.8 Å². The SMILES string of the molecule is NC[C@@H]1CCC[C@@H]1NC(=O)c1cccc(OC[C@H]2CCCO2)c1. The molecule has 0 unspecified atom stereocenters. The molecule has 0 bridgehead atoms. The molecule has 126 valence electrons. The second-order valence-electron chi connectivity index (χ2n) is 6.48. The summed E-state index contributed by atoms with van der Waals surface area (Å²) in [5, 5.41) is 3.12. The average Bonchev–Trinajstić information content (AvgIpc) is 3.24. The molecule has 3 N–H and O–H groups in total. The predicted molar refractivity (Wildman–Crippen MR) is 88.6 cm³/mol. The lowest BCUT2D eigenvalue weighted by atomic mass is 10.0. The molecule has 1 saturated heterocycles. The van der Waals surface area contributed by atoms with Crippen LogP contribution in [0.25, 0.3) is 0 Å². The molecule has 1 heterocycles. The molecule has 1 aliphatic heterocycles. The lowest BCUT2D eigenvalue weighted by molar-refractivity contribution is 0.0679. The van der Waals surface area contributed by atoms with Crippen LogP contribution in [-0.4, -0.2) is 37.8 Å². The molecule has 1 aromatic rings. The fourth-order valence-electron chi connectivity index (χ4n) is 3.45. The first-order valence-corrected chi connectivity index (χ1v) is 8.61. The van der Waals surface area contributed by atoms with Crippen molar-refractivity contribution in [2.45, 2.75) is 44.2 Å². The number of rotatable bonds is 6. The minimum Gasteiger partial charge on any atom is -0.491 e. The van der Waals surface area contributed by atoms with Gasteiger partial charge < -0.3 is 20.5 Å². The van der Waals surface area contributed by atoms with Crippen molar-refractivity contribution in [3.8, 4) is 5.75 Å². The summed E-state index contributed by atoms with van der Waals surface area (Å²) in [4.78, 5) is 12.4. The lowest BCUT2D eigenvalue weighted by Crippen LogP contribution is -2.39. The van der Waals surface area contributed by atoms with E-state index in [4.69, 9.17) is 15.2 Å². The molecule has 0 spiro atoms. The molecule has 0 radical (unpaired) electrons. The number of nitrogens with one attached hydrogen (secondary N) is 1.